The van der Waals surface area contributed by atoms with Crippen molar-refractivity contribution in [1.82, 2.24) is 0 Å². The highest BCUT2D eigenvalue weighted by Crippen LogP contribution is 2.45. The van der Waals surface area contributed by atoms with Crippen LogP contribution in [0.4, 0.5) is 8.78 Å². The normalized spacial score (nSPS) is 19.2. The maximum Gasteiger partial charge on any atom is 0.129 e. The van der Waals surface area contributed by atoms with Crippen LogP contribution < -0.4 is 0 Å². The van der Waals surface area contributed by atoms with Crippen molar-refractivity contribution in [3.63, 3.8) is 0 Å². The molecule has 0 amide bonds. The summed E-state index contributed by atoms with van der Waals surface area (Å²) in [5, 5.41) is 10.4. The molecule has 2 aromatic rings. The number of hydrogen-bond donors (Lipinski definition) is 1. The zero-order chi connectivity index (χ0) is 13.4. The standard InChI is InChI=1S/C15H12F2OS/c16-9-5-6-13(17)11(7-9)15(18)12-8-19-14-4-2-1-3-10(12)14/h1-7,12,15,18H,8H2. The van der Waals surface area contributed by atoms with Gasteiger partial charge in [-0.1, -0.05) is 18.2 Å². The van der Waals surface area contributed by atoms with Crippen LogP contribution in [-0.2, 0) is 0 Å². The number of benzene rings is 2. The molecule has 0 aliphatic carbocycles. The molecular formula is C15H12F2OS. The first-order valence-electron chi connectivity index (χ1n) is 6.01. The van der Waals surface area contributed by atoms with Gasteiger partial charge in [-0.05, 0) is 29.8 Å². The molecule has 0 saturated heterocycles. The van der Waals surface area contributed by atoms with E-state index in [0.29, 0.717) is 5.75 Å². The third kappa shape index (κ3) is 2.26. The number of rotatable bonds is 2. The first kappa shape index (κ1) is 12.6. The largest absolute Gasteiger partial charge is 0.388 e. The van der Waals surface area contributed by atoms with Crippen LogP contribution in [0.3, 0.4) is 0 Å². The smallest absolute Gasteiger partial charge is 0.129 e. The van der Waals surface area contributed by atoms with Crippen LogP contribution >= 0.6 is 11.8 Å². The second kappa shape index (κ2) is 4.94. The van der Waals surface area contributed by atoms with Gasteiger partial charge in [0.25, 0.3) is 0 Å². The van der Waals surface area contributed by atoms with E-state index >= 15 is 0 Å². The maximum atomic E-state index is 13.7. The lowest BCUT2D eigenvalue weighted by Crippen LogP contribution is -2.12. The first-order valence-corrected chi connectivity index (χ1v) is 7.00. The van der Waals surface area contributed by atoms with Gasteiger partial charge in [0.2, 0.25) is 0 Å². The van der Waals surface area contributed by atoms with Gasteiger partial charge in [-0.2, -0.15) is 0 Å². The van der Waals surface area contributed by atoms with Gasteiger partial charge < -0.3 is 5.11 Å². The Hall–Kier alpha value is -1.39. The zero-order valence-electron chi connectivity index (χ0n) is 10.0. The highest BCUT2D eigenvalue weighted by molar-refractivity contribution is 7.99. The molecule has 0 spiro atoms. The fourth-order valence-corrected chi connectivity index (χ4v) is 3.69. The third-order valence-electron chi connectivity index (χ3n) is 3.39. The Labute approximate surface area is 114 Å². The molecule has 2 aromatic carbocycles. The molecule has 1 heterocycles. The van der Waals surface area contributed by atoms with Crippen molar-refractivity contribution < 1.29 is 13.9 Å². The molecule has 1 aliphatic rings. The minimum absolute atomic E-state index is 0.0299. The number of halogens is 2. The first-order chi connectivity index (χ1) is 9.16. The van der Waals surface area contributed by atoms with E-state index in [1.165, 1.54) is 0 Å². The quantitative estimate of drug-likeness (QED) is 0.899. The average molecular weight is 278 g/mol. The number of thioether (sulfide) groups is 1. The van der Waals surface area contributed by atoms with Crippen molar-refractivity contribution in [2.24, 2.45) is 0 Å². The van der Waals surface area contributed by atoms with E-state index in [1.807, 2.05) is 24.3 Å². The van der Waals surface area contributed by atoms with Crippen LogP contribution in [0.5, 0.6) is 0 Å². The van der Waals surface area contributed by atoms with E-state index < -0.39 is 17.7 Å². The molecule has 2 atom stereocenters. The summed E-state index contributed by atoms with van der Waals surface area (Å²) in [7, 11) is 0. The van der Waals surface area contributed by atoms with Crippen molar-refractivity contribution in [3.8, 4) is 0 Å². The highest BCUT2D eigenvalue weighted by atomic mass is 32.2. The number of aliphatic hydroxyl groups excluding tert-OH is 1. The van der Waals surface area contributed by atoms with Crippen LogP contribution in [-0.4, -0.2) is 10.9 Å². The summed E-state index contributed by atoms with van der Waals surface area (Å²) in [5.74, 6) is -0.619. The summed E-state index contributed by atoms with van der Waals surface area (Å²) in [6.07, 6.45) is -1.02. The molecule has 1 aliphatic heterocycles. The molecule has 1 nitrogen and oxygen atoms in total. The Morgan fingerprint density at radius 3 is 2.79 bits per heavy atom. The number of aliphatic hydroxyl groups is 1. The van der Waals surface area contributed by atoms with Crippen LogP contribution in [0.25, 0.3) is 0 Å². The van der Waals surface area contributed by atoms with E-state index in [2.05, 4.69) is 0 Å². The van der Waals surface area contributed by atoms with E-state index in [9.17, 15) is 13.9 Å². The Bertz CT molecular complexity index is 615. The summed E-state index contributed by atoms with van der Waals surface area (Å²) < 4.78 is 26.9. The molecule has 98 valence electrons. The number of hydrogen-bond acceptors (Lipinski definition) is 2. The molecule has 0 aromatic heterocycles. The molecule has 0 radical (unpaired) electrons. The molecule has 3 rings (SSSR count). The third-order valence-corrected chi connectivity index (χ3v) is 4.60. The van der Waals surface area contributed by atoms with Crippen molar-refractivity contribution in [3.05, 3.63) is 65.2 Å². The van der Waals surface area contributed by atoms with Gasteiger partial charge >= 0.3 is 0 Å². The van der Waals surface area contributed by atoms with E-state index in [4.69, 9.17) is 0 Å². The molecule has 0 bridgehead atoms. The Morgan fingerprint density at radius 1 is 1.16 bits per heavy atom. The monoisotopic (exact) mass is 278 g/mol. The lowest BCUT2D eigenvalue weighted by atomic mass is 9.90. The van der Waals surface area contributed by atoms with Gasteiger partial charge in [-0.15, -0.1) is 11.8 Å². The van der Waals surface area contributed by atoms with Crippen molar-refractivity contribution in [2.45, 2.75) is 16.9 Å². The Kier molecular flexibility index (Phi) is 3.29. The van der Waals surface area contributed by atoms with Crippen LogP contribution in [0.1, 0.15) is 23.1 Å². The van der Waals surface area contributed by atoms with Gasteiger partial charge in [-0.3, -0.25) is 0 Å². The van der Waals surface area contributed by atoms with E-state index in [1.54, 1.807) is 11.8 Å². The lowest BCUT2D eigenvalue weighted by molar-refractivity contribution is 0.149. The summed E-state index contributed by atoms with van der Waals surface area (Å²) in [6, 6.07) is 10.9. The van der Waals surface area contributed by atoms with E-state index in [-0.39, 0.29) is 11.5 Å². The van der Waals surface area contributed by atoms with Gasteiger partial charge in [0.1, 0.15) is 11.6 Å². The predicted molar refractivity (Wildman–Crippen MR) is 71.2 cm³/mol. The molecule has 1 N–H and O–H groups in total. The van der Waals surface area contributed by atoms with E-state index in [0.717, 1.165) is 28.7 Å². The summed E-state index contributed by atoms with van der Waals surface area (Å²) in [5.41, 5.74) is 1.03. The molecule has 0 saturated carbocycles. The van der Waals surface area contributed by atoms with Crippen LogP contribution in [0.2, 0.25) is 0 Å². The second-order valence-corrected chi connectivity index (χ2v) is 5.63. The minimum Gasteiger partial charge on any atom is -0.388 e. The van der Waals surface area contributed by atoms with Gasteiger partial charge in [0.05, 0.1) is 6.10 Å². The van der Waals surface area contributed by atoms with Crippen molar-refractivity contribution in [2.75, 3.05) is 5.75 Å². The minimum atomic E-state index is -1.02. The number of fused-ring (bicyclic) bond motifs is 1. The topological polar surface area (TPSA) is 20.2 Å². The van der Waals surface area contributed by atoms with Crippen LogP contribution in [0.15, 0.2) is 47.4 Å². The molecule has 0 fully saturated rings. The molecule has 2 unspecified atom stereocenters. The van der Waals surface area contributed by atoms with Gasteiger partial charge in [-0.25, -0.2) is 8.78 Å². The molecule has 4 heteroatoms. The molecular weight excluding hydrogens is 266 g/mol. The summed E-state index contributed by atoms with van der Waals surface area (Å²) >= 11 is 1.63. The average Bonchev–Trinajstić information content (AvgIpc) is 2.84. The fourth-order valence-electron chi connectivity index (χ4n) is 2.41. The Balaban J connectivity index is 1.97. The summed E-state index contributed by atoms with van der Waals surface area (Å²) in [6.45, 7) is 0. The van der Waals surface area contributed by atoms with Crippen molar-refractivity contribution in [1.29, 1.82) is 0 Å². The fraction of sp³-hybridized carbons (Fsp3) is 0.200. The Morgan fingerprint density at radius 2 is 1.95 bits per heavy atom. The van der Waals surface area contributed by atoms with Crippen molar-refractivity contribution >= 4 is 11.8 Å². The van der Waals surface area contributed by atoms with Gasteiger partial charge in [0, 0.05) is 22.1 Å². The second-order valence-electron chi connectivity index (χ2n) is 4.57. The maximum absolute atomic E-state index is 13.7. The highest BCUT2D eigenvalue weighted by Gasteiger charge is 2.31. The van der Waals surface area contributed by atoms with Crippen LogP contribution in [0, 0.1) is 11.6 Å². The zero-order valence-corrected chi connectivity index (χ0v) is 10.8. The SMILES string of the molecule is OC(c1cc(F)ccc1F)C1CSc2ccccc21. The predicted octanol–water partition coefficient (Wildman–Crippen LogP) is 3.89. The lowest BCUT2D eigenvalue weighted by Gasteiger charge is -2.19. The van der Waals surface area contributed by atoms with Gasteiger partial charge in [0.15, 0.2) is 0 Å². The summed E-state index contributed by atoms with van der Waals surface area (Å²) in [4.78, 5) is 1.10. The molecule has 19 heavy (non-hydrogen) atoms.